The predicted molar refractivity (Wildman–Crippen MR) is 203 cm³/mol. The summed E-state index contributed by atoms with van der Waals surface area (Å²) < 4.78 is 40.9. The fraction of sp³-hybridized carbons (Fsp3) is 1.00. The lowest BCUT2D eigenvalue weighted by molar-refractivity contribution is -0.210. The van der Waals surface area contributed by atoms with Crippen molar-refractivity contribution >= 4 is 10.1 Å². The molecule has 0 radical (unpaired) electrons. The fourth-order valence-corrected chi connectivity index (χ4v) is 12.8. The van der Waals surface area contributed by atoms with Crippen LogP contribution in [0.5, 0.6) is 0 Å². The van der Waals surface area contributed by atoms with E-state index < -0.39 is 15.9 Å². The lowest BCUT2D eigenvalue weighted by atomic mass is 9.63. The molecule has 0 aromatic rings. The second-order valence-corrected chi connectivity index (χ2v) is 20.6. The molecule has 6 heteroatoms. The van der Waals surface area contributed by atoms with Gasteiger partial charge in [0, 0.05) is 12.8 Å². The number of ether oxygens (including phenoxy) is 2. The maximum absolute atomic E-state index is 11.4. The van der Waals surface area contributed by atoms with Gasteiger partial charge < -0.3 is 9.47 Å². The number of hydrogen-bond donors (Lipinski definition) is 0. The first-order valence-electron chi connectivity index (χ1n) is 21.5. The third-order valence-electron chi connectivity index (χ3n) is 15.3. The van der Waals surface area contributed by atoms with Gasteiger partial charge in [-0.05, 0) is 110 Å². The third-order valence-corrected chi connectivity index (χ3v) is 15.9. The van der Waals surface area contributed by atoms with Crippen LogP contribution >= 0.6 is 0 Å². The summed E-state index contributed by atoms with van der Waals surface area (Å²) in [5, 5.41) is 0. The van der Waals surface area contributed by atoms with Crippen LogP contribution in [0.4, 0.5) is 0 Å². The summed E-state index contributed by atoms with van der Waals surface area (Å²) in [6, 6.07) is 0. The van der Waals surface area contributed by atoms with Crippen LogP contribution in [0, 0.1) is 71.0 Å². The van der Waals surface area contributed by atoms with Gasteiger partial charge in [-0.1, -0.05) is 119 Å². The molecule has 1 saturated heterocycles. The van der Waals surface area contributed by atoms with E-state index in [0.717, 1.165) is 84.7 Å². The van der Waals surface area contributed by atoms with Crippen molar-refractivity contribution in [3.8, 4) is 0 Å². The van der Waals surface area contributed by atoms with Gasteiger partial charge in [0.1, 0.15) is 0 Å². The van der Waals surface area contributed by atoms with Crippen LogP contribution in [-0.2, 0) is 23.8 Å². The van der Waals surface area contributed by atoms with E-state index in [1.807, 2.05) is 0 Å². The predicted octanol–water partition coefficient (Wildman–Crippen LogP) is 11.4. The molecule has 13 atom stereocenters. The molecule has 0 aromatic heterocycles. The van der Waals surface area contributed by atoms with Gasteiger partial charge in [0.15, 0.2) is 5.79 Å². The third kappa shape index (κ3) is 11.2. The van der Waals surface area contributed by atoms with Gasteiger partial charge in [-0.25, -0.2) is 0 Å². The molecule has 5 nitrogen and oxygen atoms in total. The van der Waals surface area contributed by atoms with Gasteiger partial charge in [-0.3, -0.25) is 4.18 Å². The average molecular weight is 707 g/mol. The molecular weight excluding hydrogens is 629 g/mol. The Morgan fingerprint density at radius 3 is 1.78 bits per heavy atom. The van der Waals surface area contributed by atoms with Crippen molar-refractivity contribution in [3.05, 3.63) is 0 Å². The van der Waals surface area contributed by atoms with Crippen LogP contribution in [0.1, 0.15) is 170 Å². The van der Waals surface area contributed by atoms with E-state index >= 15 is 0 Å². The van der Waals surface area contributed by atoms with Crippen LogP contribution in [-0.4, -0.2) is 39.8 Å². The largest absolute Gasteiger partial charge is 0.347 e. The zero-order valence-corrected chi connectivity index (χ0v) is 33.8. The molecule has 0 aromatic carbocycles. The quantitative estimate of drug-likeness (QED) is 0.203. The summed E-state index contributed by atoms with van der Waals surface area (Å²) in [5.74, 6) is 9.76. The van der Waals surface area contributed by atoms with Gasteiger partial charge in [0.25, 0.3) is 10.1 Å². The molecule has 0 amide bonds. The highest BCUT2D eigenvalue weighted by Gasteiger charge is 2.49. The van der Waals surface area contributed by atoms with Crippen molar-refractivity contribution in [1.82, 2.24) is 0 Å². The lowest BCUT2D eigenvalue weighted by Crippen LogP contribution is -2.43. The second kappa shape index (κ2) is 18.2. The normalized spacial score (nSPS) is 43.7. The minimum atomic E-state index is -3.39. The van der Waals surface area contributed by atoms with E-state index in [4.69, 9.17) is 13.7 Å². The van der Waals surface area contributed by atoms with Crippen molar-refractivity contribution in [2.45, 2.75) is 182 Å². The Balaban J connectivity index is 1.19. The molecule has 1 heterocycles. The van der Waals surface area contributed by atoms with E-state index in [1.54, 1.807) is 0 Å². The summed E-state index contributed by atoms with van der Waals surface area (Å²) >= 11 is 0. The van der Waals surface area contributed by atoms with E-state index in [9.17, 15) is 8.42 Å². The maximum atomic E-state index is 11.4. The van der Waals surface area contributed by atoms with E-state index in [1.165, 1.54) is 103 Å². The molecule has 4 aliphatic carbocycles. The Labute approximate surface area is 303 Å². The summed E-state index contributed by atoms with van der Waals surface area (Å²) in [5.41, 5.74) is 0. The standard InChI is InChI=1S/C43H78O5S/c1-30(2)39-22-19-32(4)40-23-20-33(5)41-24-21-34(6)42-28-43(46-29-38(48-43)18-11-27-47-49(7,44)45)26-25-37(42)17-10-16-36(41)15-9-14-35(40)13-8-12-31(39)3/h30-42H,8-29H2,1-7H3. The molecule has 5 fully saturated rings. The molecule has 0 bridgehead atoms. The zero-order valence-electron chi connectivity index (χ0n) is 33.0. The first kappa shape index (κ1) is 40.0. The Morgan fingerprint density at radius 2 is 1.20 bits per heavy atom. The van der Waals surface area contributed by atoms with Gasteiger partial charge >= 0.3 is 0 Å². The average Bonchev–Trinajstić information content (AvgIpc) is 3.43. The molecule has 5 rings (SSSR count). The highest BCUT2D eigenvalue weighted by atomic mass is 32.2. The first-order valence-corrected chi connectivity index (χ1v) is 23.3. The Kier molecular flexibility index (Phi) is 14.9. The summed E-state index contributed by atoms with van der Waals surface area (Å²) in [4.78, 5) is 0. The molecule has 1 aliphatic heterocycles. The summed E-state index contributed by atoms with van der Waals surface area (Å²) in [6.07, 6.45) is 27.5. The van der Waals surface area contributed by atoms with Crippen LogP contribution in [0.2, 0.25) is 0 Å². The summed E-state index contributed by atoms with van der Waals surface area (Å²) in [7, 11) is -3.39. The minimum Gasteiger partial charge on any atom is -0.347 e. The van der Waals surface area contributed by atoms with E-state index in [2.05, 4.69) is 41.5 Å². The maximum Gasteiger partial charge on any atom is 0.264 e. The molecule has 13 unspecified atom stereocenters. The SMILES string of the molecule is CC(C)C1CCC(C)C2CCC(C)C3CCC(C)C4CC5(CCC4CCCC3CCCC2CCCC1C)OCC(CCCOS(C)(=O)=O)O5. The Hall–Kier alpha value is -0.170. The van der Waals surface area contributed by atoms with Gasteiger partial charge in [0.2, 0.25) is 0 Å². The number of hydrogen-bond acceptors (Lipinski definition) is 5. The minimum absolute atomic E-state index is 0.0493. The molecule has 4 saturated carbocycles. The van der Waals surface area contributed by atoms with Crippen molar-refractivity contribution < 1.29 is 22.1 Å². The summed E-state index contributed by atoms with van der Waals surface area (Å²) in [6.45, 7) is 16.2. The van der Waals surface area contributed by atoms with Gasteiger partial charge in [-0.2, -0.15) is 8.42 Å². The molecule has 1 spiro atoms. The molecule has 49 heavy (non-hydrogen) atoms. The van der Waals surface area contributed by atoms with Gasteiger partial charge in [0.05, 0.1) is 25.6 Å². The van der Waals surface area contributed by atoms with E-state index in [-0.39, 0.29) is 12.7 Å². The van der Waals surface area contributed by atoms with Crippen molar-refractivity contribution in [2.24, 2.45) is 71.0 Å². The lowest BCUT2D eigenvalue weighted by Gasteiger charge is -2.46. The Morgan fingerprint density at radius 1 is 0.673 bits per heavy atom. The monoisotopic (exact) mass is 707 g/mol. The van der Waals surface area contributed by atoms with Crippen molar-refractivity contribution in [1.29, 1.82) is 0 Å². The first-order chi connectivity index (χ1) is 23.3. The zero-order chi connectivity index (χ0) is 35.2. The second-order valence-electron chi connectivity index (χ2n) is 19.0. The van der Waals surface area contributed by atoms with Crippen LogP contribution in [0.15, 0.2) is 0 Å². The van der Waals surface area contributed by atoms with E-state index in [0.29, 0.717) is 24.9 Å². The topological polar surface area (TPSA) is 61.8 Å². The van der Waals surface area contributed by atoms with Crippen molar-refractivity contribution in [3.63, 3.8) is 0 Å². The molecule has 0 N–H and O–H groups in total. The van der Waals surface area contributed by atoms with Gasteiger partial charge in [-0.15, -0.1) is 0 Å². The Bertz CT molecular complexity index is 1090. The highest BCUT2D eigenvalue weighted by Crippen LogP contribution is 2.51. The van der Waals surface area contributed by atoms with Crippen molar-refractivity contribution in [2.75, 3.05) is 19.5 Å². The molecular formula is C43H78O5S. The molecule has 286 valence electrons. The smallest absolute Gasteiger partial charge is 0.264 e. The number of rotatable bonds is 6. The van der Waals surface area contributed by atoms with Crippen LogP contribution in [0.3, 0.4) is 0 Å². The number of fused-ring (bicyclic) bond motifs is 3. The molecule has 5 aliphatic rings. The van der Waals surface area contributed by atoms with Crippen LogP contribution < -0.4 is 0 Å². The fourth-order valence-electron chi connectivity index (χ4n) is 12.4. The van der Waals surface area contributed by atoms with Crippen LogP contribution in [0.25, 0.3) is 0 Å². The highest BCUT2D eigenvalue weighted by molar-refractivity contribution is 7.85.